The molecular weight excluding hydrogens is 162 g/mol. The fourth-order valence-corrected chi connectivity index (χ4v) is 1.79. The van der Waals surface area contributed by atoms with Crippen LogP contribution in [0.1, 0.15) is 40.0 Å². The molecule has 13 heavy (non-hydrogen) atoms. The van der Waals surface area contributed by atoms with Crippen molar-refractivity contribution < 1.29 is 4.74 Å². The predicted molar refractivity (Wildman–Crippen MR) is 55.9 cm³/mol. The quantitative estimate of drug-likeness (QED) is 0.656. The van der Waals surface area contributed by atoms with Gasteiger partial charge in [-0.1, -0.05) is 19.8 Å². The molecule has 0 aromatic carbocycles. The van der Waals surface area contributed by atoms with E-state index in [0.717, 1.165) is 19.1 Å². The van der Waals surface area contributed by atoms with Crippen molar-refractivity contribution in [3.63, 3.8) is 0 Å². The molecule has 0 aromatic heterocycles. The largest absolute Gasteiger partial charge is 0.377 e. The molecule has 0 spiro atoms. The van der Waals surface area contributed by atoms with Gasteiger partial charge in [0.25, 0.3) is 0 Å². The summed E-state index contributed by atoms with van der Waals surface area (Å²) in [4.78, 5) is 0. The second kappa shape index (κ2) is 5.61. The van der Waals surface area contributed by atoms with Crippen molar-refractivity contribution in [2.75, 3.05) is 13.2 Å². The Bertz CT molecular complexity index is 134. The summed E-state index contributed by atoms with van der Waals surface area (Å²) in [5.41, 5.74) is 0. The van der Waals surface area contributed by atoms with E-state index in [2.05, 4.69) is 26.1 Å². The van der Waals surface area contributed by atoms with Crippen molar-refractivity contribution in [1.82, 2.24) is 5.32 Å². The van der Waals surface area contributed by atoms with E-state index in [9.17, 15) is 0 Å². The summed E-state index contributed by atoms with van der Waals surface area (Å²) in [5.74, 6) is 0.979. The zero-order valence-corrected chi connectivity index (χ0v) is 9.18. The van der Waals surface area contributed by atoms with Gasteiger partial charge in [-0.3, -0.25) is 0 Å². The number of ether oxygens (including phenoxy) is 1. The second-order valence-electron chi connectivity index (χ2n) is 4.00. The lowest BCUT2D eigenvalue weighted by atomic mass is 10.1. The first-order valence-electron chi connectivity index (χ1n) is 5.62. The maximum atomic E-state index is 5.62. The fraction of sp³-hybridized carbons (Fsp3) is 1.00. The minimum absolute atomic E-state index is 0.366. The Kier molecular flexibility index (Phi) is 4.74. The van der Waals surface area contributed by atoms with Gasteiger partial charge in [-0.15, -0.1) is 0 Å². The van der Waals surface area contributed by atoms with E-state index in [1.54, 1.807) is 0 Å². The monoisotopic (exact) mass is 185 g/mol. The maximum Gasteiger partial charge on any atom is 0.0699 e. The number of nitrogens with one attached hydrogen (secondary N) is 1. The summed E-state index contributed by atoms with van der Waals surface area (Å²) in [6.07, 6.45) is 4.53. The van der Waals surface area contributed by atoms with Crippen molar-refractivity contribution in [3.05, 3.63) is 0 Å². The van der Waals surface area contributed by atoms with Gasteiger partial charge in [0, 0.05) is 12.6 Å². The summed E-state index contributed by atoms with van der Waals surface area (Å²) in [5, 5.41) is 3.51. The molecule has 1 saturated carbocycles. The van der Waals surface area contributed by atoms with Crippen molar-refractivity contribution in [3.8, 4) is 0 Å². The third kappa shape index (κ3) is 4.10. The first-order chi connectivity index (χ1) is 6.27. The van der Waals surface area contributed by atoms with Gasteiger partial charge in [-0.05, 0) is 32.7 Å². The molecule has 2 heteroatoms. The van der Waals surface area contributed by atoms with Crippen LogP contribution in [-0.2, 0) is 4.74 Å². The minimum Gasteiger partial charge on any atom is -0.377 e. The maximum absolute atomic E-state index is 5.62. The average molecular weight is 185 g/mol. The molecule has 1 fully saturated rings. The van der Waals surface area contributed by atoms with Crippen LogP contribution < -0.4 is 5.32 Å². The van der Waals surface area contributed by atoms with Gasteiger partial charge < -0.3 is 10.1 Å². The molecule has 2 unspecified atom stereocenters. The molecule has 2 atom stereocenters. The van der Waals surface area contributed by atoms with Crippen molar-refractivity contribution in [2.45, 2.75) is 52.2 Å². The van der Waals surface area contributed by atoms with Crippen LogP contribution >= 0.6 is 0 Å². The normalized spacial score (nSPS) is 21.5. The first kappa shape index (κ1) is 11.0. The summed E-state index contributed by atoms with van der Waals surface area (Å²) < 4.78 is 5.62. The van der Waals surface area contributed by atoms with E-state index in [-0.39, 0.29) is 0 Å². The first-order valence-corrected chi connectivity index (χ1v) is 5.62. The molecule has 0 radical (unpaired) electrons. The summed E-state index contributed by atoms with van der Waals surface area (Å²) in [7, 11) is 0. The van der Waals surface area contributed by atoms with E-state index in [0.29, 0.717) is 12.1 Å². The molecule has 1 aliphatic carbocycles. The Hall–Kier alpha value is -0.0800. The molecule has 0 heterocycles. The van der Waals surface area contributed by atoms with Crippen LogP contribution in [0.25, 0.3) is 0 Å². The van der Waals surface area contributed by atoms with E-state index in [4.69, 9.17) is 4.74 Å². The number of rotatable bonds is 7. The third-order valence-electron chi connectivity index (χ3n) is 2.75. The van der Waals surface area contributed by atoms with Gasteiger partial charge >= 0.3 is 0 Å². The highest BCUT2D eigenvalue weighted by Gasteiger charge is 2.27. The molecule has 1 aliphatic rings. The molecule has 0 aliphatic heterocycles. The van der Waals surface area contributed by atoms with Crippen LogP contribution in [-0.4, -0.2) is 25.3 Å². The van der Waals surface area contributed by atoms with Crippen molar-refractivity contribution in [2.24, 2.45) is 5.92 Å². The smallest absolute Gasteiger partial charge is 0.0699 e. The van der Waals surface area contributed by atoms with Crippen LogP contribution in [0.5, 0.6) is 0 Å². The lowest BCUT2D eigenvalue weighted by Gasteiger charge is -2.24. The average Bonchev–Trinajstić information content (AvgIpc) is 2.88. The molecular formula is C11H23NO. The van der Waals surface area contributed by atoms with Crippen LogP contribution in [0.4, 0.5) is 0 Å². The summed E-state index contributed by atoms with van der Waals surface area (Å²) in [6, 6.07) is 0.567. The number of hydrogen-bond acceptors (Lipinski definition) is 2. The van der Waals surface area contributed by atoms with Gasteiger partial charge in [0.15, 0.2) is 0 Å². The molecule has 0 saturated heterocycles. The minimum atomic E-state index is 0.366. The fourth-order valence-electron chi connectivity index (χ4n) is 1.79. The Morgan fingerprint density at radius 3 is 2.54 bits per heavy atom. The van der Waals surface area contributed by atoms with Gasteiger partial charge in [0.05, 0.1) is 6.10 Å². The third-order valence-corrected chi connectivity index (χ3v) is 2.75. The van der Waals surface area contributed by atoms with E-state index >= 15 is 0 Å². The topological polar surface area (TPSA) is 21.3 Å². The van der Waals surface area contributed by atoms with Crippen molar-refractivity contribution in [1.29, 1.82) is 0 Å². The van der Waals surface area contributed by atoms with Crippen molar-refractivity contribution >= 4 is 0 Å². The van der Waals surface area contributed by atoms with Gasteiger partial charge in [0.2, 0.25) is 0 Å². The number of likely N-dealkylation sites (N-methyl/N-ethyl adjacent to an activating group) is 1. The van der Waals surface area contributed by atoms with Crippen LogP contribution in [0.2, 0.25) is 0 Å². The zero-order chi connectivity index (χ0) is 9.68. The van der Waals surface area contributed by atoms with Gasteiger partial charge in [-0.2, -0.15) is 0 Å². The molecule has 78 valence electrons. The highest BCUT2D eigenvalue weighted by molar-refractivity contribution is 4.83. The Morgan fingerprint density at radius 1 is 1.38 bits per heavy atom. The Balaban J connectivity index is 2.25. The standard InChI is InChI=1S/C11H23NO/c1-4-12-11(8-10-6-7-10)9(3)13-5-2/h9-12H,4-8H2,1-3H3. The van der Waals surface area contributed by atoms with E-state index < -0.39 is 0 Å². The molecule has 2 nitrogen and oxygen atoms in total. The van der Waals surface area contributed by atoms with E-state index in [1.165, 1.54) is 19.3 Å². The highest BCUT2D eigenvalue weighted by atomic mass is 16.5. The predicted octanol–water partition coefficient (Wildman–Crippen LogP) is 2.19. The van der Waals surface area contributed by atoms with Gasteiger partial charge in [0.1, 0.15) is 0 Å². The molecule has 0 bridgehead atoms. The summed E-state index contributed by atoms with van der Waals surface area (Å²) in [6.45, 7) is 8.29. The molecule has 1 N–H and O–H groups in total. The molecule has 0 aromatic rings. The van der Waals surface area contributed by atoms with Crippen LogP contribution in [0.3, 0.4) is 0 Å². The van der Waals surface area contributed by atoms with Gasteiger partial charge in [-0.25, -0.2) is 0 Å². The molecule has 0 amide bonds. The molecule has 1 rings (SSSR count). The SMILES string of the molecule is CCNC(CC1CC1)C(C)OCC. The number of hydrogen-bond donors (Lipinski definition) is 1. The highest BCUT2D eigenvalue weighted by Crippen LogP contribution is 2.34. The van der Waals surface area contributed by atoms with Crippen LogP contribution in [0, 0.1) is 5.92 Å². The van der Waals surface area contributed by atoms with Crippen LogP contribution in [0.15, 0.2) is 0 Å². The Labute approximate surface area is 82.0 Å². The zero-order valence-electron chi connectivity index (χ0n) is 9.18. The lowest BCUT2D eigenvalue weighted by molar-refractivity contribution is 0.0441. The lowest BCUT2D eigenvalue weighted by Crippen LogP contribution is -2.40. The second-order valence-corrected chi connectivity index (χ2v) is 4.00. The Morgan fingerprint density at radius 2 is 2.08 bits per heavy atom. The van der Waals surface area contributed by atoms with E-state index in [1.807, 2.05) is 0 Å². The summed E-state index contributed by atoms with van der Waals surface area (Å²) >= 11 is 0.